The maximum atomic E-state index is 12.6. The third kappa shape index (κ3) is 3.60. The van der Waals surface area contributed by atoms with Crippen molar-refractivity contribution in [1.29, 1.82) is 0 Å². The molecule has 0 unspecified atom stereocenters. The average Bonchev–Trinajstić information content (AvgIpc) is 2.94. The van der Waals surface area contributed by atoms with Gasteiger partial charge >= 0.3 is 0 Å². The summed E-state index contributed by atoms with van der Waals surface area (Å²) in [5.41, 5.74) is 11.5. The van der Waals surface area contributed by atoms with E-state index in [4.69, 9.17) is 34.7 Å². The molecule has 1 aliphatic rings. The van der Waals surface area contributed by atoms with Crippen molar-refractivity contribution in [3.8, 4) is 0 Å². The number of hydrogen-bond donors (Lipinski definition) is 2. The molecule has 0 saturated heterocycles. The molecule has 4 N–H and O–H groups in total. The molecular weight excluding hydrogens is 313 g/mol. The molecule has 2 rings (SSSR count). The Kier molecular flexibility index (Phi) is 4.96. The molecule has 1 aromatic rings. The number of amides is 2. The average molecular weight is 330 g/mol. The number of nitrogens with two attached hydrogens (primary N) is 2. The molecule has 2 amide bonds. The molecule has 0 aromatic heterocycles. The van der Waals surface area contributed by atoms with E-state index in [2.05, 4.69) is 0 Å². The van der Waals surface area contributed by atoms with Crippen molar-refractivity contribution < 1.29 is 9.59 Å². The van der Waals surface area contributed by atoms with Gasteiger partial charge in [0.2, 0.25) is 5.91 Å². The van der Waals surface area contributed by atoms with E-state index >= 15 is 0 Å². The maximum Gasteiger partial charge on any atom is 0.254 e. The number of halogens is 2. The van der Waals surface area contributed by atoms with E-state index in [0.29, 0.717) is 5.56 Å². The molecule has 1 aliphatic carbocycles. The van der Waals surface area contributed by atoms with Crippen LogP contribution in [0.1, 0.15) is 36.0 Å². The minimum Gasteiger partial charge on any atom is -0.397 e. The standard InChI is InChI=1S/C14H17Cl2N3O2/c15-10-5-8(6-11(17)13(10)16)14(21)19(7-12(18)20)9-3-1-2-4-9/h5-6,9H,1-4,7,17H2,(H2,18,20). The topological polar surface area (TPSA) is 89.4 Å². The molecule has 1 fully saturated rings. The lowest BCUT2D eigenvalue weighted by molar-refractivity contribution is -0.119. The number of carbonyl (C=O) groups is 2. The van der Waals surface area contributed by atoms with Crippen molar-refractivity contribution in [3.05, 3.63) is 27.7 Å². The Hall–Kier alpha value is -1.46. The van der Waals surface area contributed by atoms with Crippen molar-refractivity contribution in [2.24, 2.45) is 5.73 Å². The van der Waals surface area contributed by atoms with E-state index in [0.717, 1.165) is 25.7 Å². The SMILES string of the molecule is NC(=O)CN(C(=O)c1cc(N)c(Cl)c(Cl)c1)C1CCCC1. The first-order valence-electron chi connectivity index (χ1n) is 6.74. The van der Waals surface area contributed by atoms with Gasteiger partial charge < -0.3 is 16.4 Å². The quantitative estimate of drug-likeness (QED) is 0.831. The Labute approximate surface area is 133 Å². The number of benzene rings is 1. The summed E-state index contributed by atoms with van der Waals surface area (Å²) in [6.45, 7) is -0.107. The van der Waals surface area contributed by atoms with E-state index in [-0.39, 0.29) is 34.2 Å². The summed E-state index contributed by atoms with van der Waals surface area (Å²) in [6.07, 6.45) is 3.82. The van der Waals surface area contributed by atoms with Crippen LogP contribution in [0.5, 0.6) is 0 Å². The van der Waals surface area contributed by atoms with Crippen molar-refractivity contribution in [3.63, 3.8) is 0 Å². The molecule has 0 spiro atoms. The summed E-state index contributed by atoms with van der Waals surface area (Å²) < 4.78 is 0. The van der Waals surface area contributed by atoms with Gasteiger partial charge in [-0.1, -0.05) is 36.0 Å². The monoisotopic (exact) mass is 329 g/mol. The van der Waals surface area contributed by atoms with Crippen molar-refractivity contribution in [2.75, 3.05) is 12.3 Å². The molecule has 114 valence electrons. The van der Waals surface area contributed by atoms with Crippen LogP contribution in [-0.2, 0) is 4.79 Å². The molecule has 5 nitrogen and oxygen atoms in total. The third-order valence-electron chi connectivity index (χ3n) is 3.66. The normalized spacial score (nSPS) is 15.1. The largest absolute Gasteiger partial charge is 0.397 e. The minimum absolute atomic E-state index is 0.0284. The molecule has 0 bridgehead atoms. The van der Waals surface area contributed by atoms with Crippen molar-refractivity contribution >= 4 is 40.7 Å². The number of carbonyl (C=O) groups excluding carboxylic acids is 2. The summed E-state index contributed by atoms with van der Waals surface area (Å²) in [7, 11) is 0. The molecular formula is C14H17Cl2N3O2. The molecule has 1 saturated carbocycles. The first kappa shape index (κ1) is 15.9. The summed E-state index contributed by atoms with van der Waals surface area (Å²) in [5, 5.41) is 0.431. The molecule has 21 heavy (non-hydrogen) atoms. The Bertz CT molecular complexity index is 548. The molecule has 0 heterocycles. The predicted octanol–water partition coefficient (Wildman–Crippen LogP) is 2.45. The Morgan fingerprint density at radius 3 is 2.38 bits per heavy atom. The summed E-state index contributed by atoms with van der Waals surface area (Å²) in [5.74, 6) is -0.839. The molecule has 1 aromatic carbocycles. The van der Waals surface area contributed by atoms with Gasteiger partial charge in [-0.25, -0.2) is 0 Å². The second-order valence-electron chi connectivity index (χ2n) is 5.20. The van der Waals surface area contributed by atoms with Gasteiger partial charge in [0.1, 0.15) is 0 Å². The van der Waals surface area contributed by atoms with Gasteiger partial charge in [0, 0.05) is 11.6 Å². The van der Waals surface area contributed by atoms with Crippen LogP contribution in [0.3, 0.4) is 0 Å². The highest BCUT2D eigenvalue weighted by Gasteiger charge is 2.29. The summed E-state index contributed by atoms with van der Waals surface area (Å²) >= 11 is 11.8. The van der Waals surface area contributed by atoms with E-state index in [1.165, 1.54) is 17.0 Å². The van der Waals surface area contributed by atoms with Crippen LogP contribution in [0, 0.1) is 0 Å². The summed E-state index contributed by atoms with van der Waals surface area (Å²) in [4.78, 5) is 25.4. The van der Waals surface area contributed by atoms with Gasteiger partial charge in [-0.15, -0.1) is 0 Å². The molecule has 0 atom stereocenters. The number of anilines is 1. The van der Waals surface area contributed by atoms with Crippen LogP contribution in [0.25, 0.3) is 0 Å². The third-order valence-corrected chi connectivity index (χ3v) is 4.47. The Morgan fingerprint density at radius 1 is 1.24 bits per heavy atom. The van der Waals surface area contributed by atoms with Gasteiger partial charge in [-0.05, 0) is 25.0 Å². The lowest BCUT2D eigenvalue weighted by atomic mass is 10.1. The van der Waals surface area contributed by atoms with Crippen LogP contribution in [0.4, 0.5) is 5.69 Å². The van der Waals surface area contributed by atoms with Gasteiger partial charge in [0.05, 0.1) is 22.3 Å². The van der Waals surface area contributed by atoms with E-state index in [1.807, 2.05) is 0 Å². The second-order valence-corrected chi connectivity index (χ2v) is 5.98. The van der Waals surface area contributed by atoms with Gasteiger partial charge in [-0.2, -0.15) is 0 Å². The minimum atomic E-state index is -0.539. The highest BCUT2D eigenvalue weighted by molar-refractivity contribution is 6.43. The Morgan fingerprint density at radius 2 is 1.86 bits per heavy atom. The summed E-state index contributed by atoms with van der Waals surface area (Å²) in [6, 6.07) is 2.96. The van der Waals surface area contributed by atoms with Gasteiger partial charge in [0.15, 0.2) is 0 Å². The molecule has 0 aliphatic heterocycles. The highest BCUT2D eigenvalue weighted by Crippen LogP contribution is 2.31. The van der Waals surface area contributed by atoms with Gasteiger partial charge in [-0.3, -0.25) is 9.59 Å². The zero-order valence-corrected chi connectivity index (χ0v) is 13.0. The zero-order chi connectivity index (χ0) is 15.6. The van der Waals surface area contributed by atoms with Crippen molar-refractivity contribution in [1.82, 2.24) is 4.90 Å². The first-order valence-corrected chi connectivity index (χ1v) is 7.49. The number of hydrogen-bond acceptors (Lipinski definition) is 3. The van der Waals surface area contributed by atoms with Crippen LogP contribution in [-0.4, -0.2) is 29.3 Å². The number of rotatable bonds is 4. The van der Waals surface area contributed by atoms with Crippen LogP contribution < -0.4 is 11.5 Å². The fourth-order valence-corrected chi connectivity index (χ4v) is 2.99. The van der Waals surface area contributed by atoms with Gasteiger partial charge in [0.25, 0.3) is 5.91 Å². The maximum absolute atomic E-state index is 12.6. The number of nitrogen functional groups attached to an aromatic ring is 1. The first-order chi connectivity index (χ1) is 9.90. The predicted molar refractivity (Wildman–Crippen MR) is 83.4 cm³/mol. The fraction of sp³-hybridized carbons (Fsp3) is 0.429. The molecule has 7 heteroatoms. The number of primary amides is 1. The number of nitrogens with zero attached hydrogens (tertiary/aromatic N) is 1. The zero-order valence-electron chi connectivity index (χ0n) is 11.4. The highest BCUT2D eigenvalue weighted by atomic mass is 35.5. The molecule has 0 radical (unpaired) electrons. The van der Waals surface area contributed by atoms with Crippen LogP contribution in [0.15, 0.2) is 12.1 Å². The van der Waals surface area contributed by atoms with E-state index in [1.54, 1.807) is 0 Å². The van der Waals surface area contributed by atoms with Crippen LogP contribution >= 0.6 is 23.2 Å². The Balaban J connectivity index is 2.31. The second kappa shape index (κ2) is 6.54. The van der Waals surface area contributed by atoms with E-state index < -0.39 is 5.91 Å². The lowest BCUT2D eigenvalue weighted by Crippen LogP contribution is -2.44. The lowest BCUT2D eigenvalue weighted by Gasteiger charge is -2.28. The van der Waals surface area contributed by atoms with Crippen molar-refractivity contribution in [2.45, 2.75) is 31.7 Å². The smallest absolute Gasteiger partial charge is 0.254 e. The fourth-order valence-electron chi connectivity index (χ4n) is 2.65. The van der Waals surface area contributed by atoms with E-state index in [9.17, 15) is 9.59 Å². The van der Waals surface area contributed by atoms with Crippen LogP contribution in [0.2, 0.25) is 10.0 Å².